The molecule has 0 saturated heterocycles. The molecule has 2 amide bonds. The van der Waals surface area contributed by atoms with Crippen molar-refractivity contribution in [1.82, 2.24) is 10.2 Å². The molecule has 0 aromatic heterocycles. The number of hydrogen-bond donors (Lipinski definition) is 2. The minimum Gasteiger partial charge on any atom is -0.478 e. The summed E-state index contributed by atoms with van der Waals surface area (Å²) in [6, 6.07) is 11.6. The number of nitrogens with zero attached hydrogens (tertiary/aromatic N) is 1. The smallest absolute Gasteiger partial charge is 0.337 e. The van der Waals surface area contributed by atoms with E-state index >= 15 is 0 Å². The molecule has 3 rings (SSSR count). The van der Waals surface area contributed by atoms with Crippen molar-refractivity contribution < 1.29 is 24.2 Å². The van der Waals surface area contributed by atoms with Crippen LogP contribution in [0.5, 0.6) is 0 Å². The van der Waals surface area contributed by atoms with Crippen LogP contribution in [0.3, 0.4) is 0 Å². The third-order valence-electron chi connectivity index (χ3n) is 4.57. The Morgan fingerprint density at radius 3 is 2.44 bits per heavy atom. The van der Waals surface area contributed by atoms with Crippen molar-refractivity contribution in [1.29, 1.82) is 0 Å². The first kappa shape index (κ1) is 18.4. The van der Waals surface area contributed by atoms with Gasteiger partial charge in [-0.25, -0.2) is 14.4 Å². The van der Waals surface area contributed by atoms with Crippen LogP contribution in [0.1, 0.15) is 37.4 Å². The Bertz CT molecular complexity index is 876. The van der Waals surface area contributed by atoms with Crippen LogP contribution in [0.2, 0.25) is 0 Å². The number of aromatic carboxylic acids is 1. The molecular formula is C20H20N2O5. The first-order chi connectivity index (χ1) is 13.0. The predicted octanol–water partition coefficient (Wildman–Crippen LogP) is 2.44. The van der Waals surface area contributed by atoms with E-state index < -0.39 is 11.9 Å². The summed E-state index contributed by atoms with van der Waals surface area (Å²) in [4.78, 5) is 36.7. The van der Waals surface area contributed by atoms with Gasteiger partial charge in [0, 0.05) is 19.6 Å². The summed E-state index contributed by atoms with van der Waals surface area (Å²) in [6.45, 7) is 1.32. The molecule has 0 saturated carbocycles. The van der Waals surface area contributed by atoms with E-state index in [1.165, 1.54) is 19.2 Å². The van der Waals surface area contributed by atoms with Gasteiger partial charge in [0.05, 0.1) is 18.2 Å². The van der Waals surface area contributed by atoms with Crippen LogP contribution in [-0.4, -0.2) is 41.6 Å². The highest BCUT2D eigenvalue weighted by Crippen LogP contribution is 2.21. The zero-order valence-corrected chi connectivity index (χ0v) is 14.9. The fourth-order valence-corrected chi connectivity index (χ4v) is 3.03. The lowest BCUT2D eigenvalue weighted by molar-refractivity contribution is 0.0599. The number of esters is 1. The number of carboxylic acid groups (broad SMARTS) is 1. The second-order valence-corrected chi connectivity index (χ2v) is 6.31. The number of amides is 2. The molecule has 0 bridgehead atoms. The van der Waals surface area contributed by atoms with Gasteiger partial charge in [-0.05, 0) is 47.4 Å². The minimum atomic E-state index is -0.983. The number of nitrogens with one attached hydrogen (secondary N) is 1. The van der Waals surface area contributed by atoms with Gasteiger partial charge in [-0.1, -0.05) is 18.2 Å². The van der Waals surface area contributed by atoms with Gasteiger partial charge in [0.1, 0.15) is 0 Å². The average molecular weight is 368 g/mol. The molecule has 0 aliphatic carbocycles. The SMILES string of the molecule is COC(=O)c1ccc2c(c1)CN(C(=O)NCc1ccc(C(=O)O)cc1)CC2. The Hall–Kier alpha value is -3.35. The molecule has 7 heteroatoms. The van der Waals surface area contributed by atoms with Crippen molar-refractivity contribution in [3.63, 3.8) is 0 Å². The average Bonchev–Trinajstić information content (AvgIpc) is 2.70. The first-order valence-electron chi connectivity index (χ1n) is 8.53. The third kappa shape index (κ3) is 4.25. The number of carboxylic acids is 1. The number of urea groups is 1. The number of methoxy groups -OCH3 is 1. The van der Waals surface area contributed by atoms with Gasteiger partial charge in [0.25, 0.3) is 0 Å². The zero-order chi connectivity index (χ0) is 19.4. The molecule has 1 aliphatic rings. The van der Waals surface area contributed by atoms with Gasteiger partial charge in [-0.3, -0.25) is 0 Å². The van der Waals surface area contributed by atoms with Crippen LogP contribution in [0.15, 0.2) is 42.5 Å². The summed E-state index contributed by atoms with van der Waals surface area (Å²) in [5.41, 5.74) is 3.55. The molecule has 1 heterocycles. The van der Waals surface area contributed by atoms with Gasteiger partial charge in [0.2, 0.25) is 0 Å². The monoisotopic (exact) mass is 368 g/mol. The quantitative estimate of drug-likeness (QED) is 0.808. The summed E-state index contributed by atoms with van der Waals surface area (Å²) in [6.07, 6.45) is 0.720. The Morgan fingerprint density at radius 1 is 1.07 bits per heavy atom. The molecule has 7 nitrogen and oxygen atoms in total. The molecule has 2 aromatic carbocycles. The van der Waals surface area contributed by atoms with Crippen LogP contribution < -0.4 is 5.32 Å². The van der Waals surface area contributed by atoms with E-state index in [4.69, 9.17) is 9.84 Å². The molecule has 1 aliphatic heterocycles. The standard InChI is InChI=1S/C20H20N2O5/c1-27-19(25)16-7-6-14-8-9-22(12-17(14)10-16)20(26)21-11-13-2-4-15(5-3-13)18(23)24/h2-7,10H,8-9,11-12H2,1H3,(H,21,26)(H,23,24). The van der Waals surface area contributed by atoms with Crippen LogP contribution in [0.25, 0.3) is 0 Å². The number of benzene rings is 2. The lowest BCUT2D eigenvalue weighted by Crippen LogP contribution is -2.42. The normalized spacial score (nSPS) is 12.9. The second kappa shape index (κ2) is 7.90. The fraction of sp³-hybridized carbons (Fsp3) is 0.250. The summed E-state index contributed by atoms with van der Waals surface area (Å²) in [5.74, 6) is -1.38. The number of ether oxygens (including phenoxy) is 1. The molecule has 0 fully saturated rings. The van der Waals surface area contributed by atoms with Crippen LogP contribution >= 0.6 is 0 Å². The molecule has 0 atom stereocenters. The third-order valence-corrected chi connectivity index (χ3v) is 4.57. The molecule has 0 spiro atoms. The number of rotatable bonds is 4. The number of carbonyl (C=O) groups is 3. The summed E-state index contributed by atoms with van der Waals surface area (Å²) in [7, 11) is 1.34. The maximum atomic E-state index is 12.5. The minimum absolute atomic E-state index is 0.202. The van der Waals surface area contributed by atoms with E-state index in [2.05, 4.69) is 5.32 Å². The number of fused-ring (bicyclic) bond motifs is 1. The molecular weight excluding hydrogens is 348 g/mol. The van der Waals surface area contributed by atoms with Crippen molar-refractivity contribution in [2.24, 2.45) is 0 Å². The molecule has 2 aromatic rings. The Morgan fingerprint density at radius 2 is 1.78 bits per heavy atom. The van der Waals surface area contributed by atoms with E-state index in [0.29, 0.717) is 25.2 Å². The van der Waals surface area contributed by atoms with Crippen molar-refractivity contribution in [3.05, 3.63) is 70.3 Å². The first-order valence-corrected chi connectivity index (χ1v) is 8.53. The summed E-state index contributed by atoms with van der Waals surface area (Å²) < 4.78 is 4.74. The predicted molar refractivity (Wildman–Crippen MR) is 97.5 cm³/mol. The maximum absolute atomic E-state index is 12.5. The van der Waals surface area contributed by atoms with Crippen molar-refractivity contribution in [2.45, 2.75) is 19.5 Å². The Kier molecular flexibility index (Phi) is 5.40. The van der Waals surface area contributed by atoms with Crippen molar-refractivity contribution in [3.8, 4) is 0 Å². The fourth-order valence-electron chi connectivity index (χ4n) is 3.03. The molecule has 0 radical (unpaired) electrons. The van der Waals surface area contributed by atoms with E-state index in [1.54, 1.807) is 29.2 Å². The summed E-state index contributed by atoms with van der Waals surface area (Å²) in [5, 5.41) is 11.8. The van der Waals surface area contributed by atoms with E-state index in [1.807, 2.05) is 6.07 Å². The van der Waals surface area contributed by atoms with E-state index in [0.717, 1.165) is 23.1 Å². The van der Waals surface area contributed by atoms with E-state index in [9.17, 15) is 14.4 Å². The Labute approximate surface area is 156 Å². The van der Waals surface area contributed by atoms with Crippen molar-refractivity contribution >= 4 is 18.0 Å². The molecule has 0 unspecified atom stereocenters. The molecule has 140 valence electrons. The van der Waals surface area contributed by atoms with Gasteiger partial charge >= 0.3 is 18.0 Å². The topological polar surface area (TPSA) is 95.9 Å². The number of carbonyl (C=O) groups excluding carboxylic acids is 2. The van der Waals surface area contributed by atoms with Gasteiger partial charge in [-0.2, -0.15) is 0 Å². The number of hydrogen-bond acceptors (Lipinski definition) is 4. The van der Waals surface area contributed by atoms with Gasteiger partial charge < -0.3 is 20.1 Å². The van der Waals surface area contributed by atoms with Gasteiger partial charge in [0.15, 0.2) is 0 Å². The summed E-state index contributed by atoms with van der Waals surface area (Å²) >= 11 is 0. The lowest BCUT2D eigenvalue weighted by Gasteiger charge is -2.29. The van der Waals surface area contributed by atoms with Crippen molar-refractivity contribution in [2.75, 3.05) is 13.7 Å². The van der Waals surface area contributed by atoms with E-state index in [-0.39, 0.29) is 11.6 Å². The zero-order valence-electron chi connectivity index (χ0n) is 14.9. The highest BCUT2D eigenvalue weighted by atomic mass is 16.5. The highest BCUT2D eigenvalue weighted by Gasteiger charge is 2.21. The molecule has 27 heavy (non-hydrogen) atoms. The van der Waals surface area contributed by atoms with Crippen LogP contribution in [-0.2, 0) is 24.2 Å². The van der Waals surface area contributed by atoms with Crippen LogP contribution in [0.4, 0.5) is 4.79 Å². The second-order valence-electron chi connectivity index (χ2n) is 6.31. The van der Waals surface area contributed by atoms with Gasteiger partial charge in [-0.15, -0.1) is 0 Å². The lowest BCUT2D eigenvalue weighted by atomic mass is 9.97. The highest BCUT2D eigenvalue weighted by molar-refractivity contribution is 5.89. The Balaban J connectivity index is 1.61. The van der Waals surface area contributed by atoms with Crippen LogP contribution in [0, 0.1) is 0 Å². The molecule has 2 N–H and O–H groups in total. The largest absolute Gasteiger partial charge is 0.478 e. The maximum Gasteiger partial charge on any atom is 0.337 e.